The lowest BCUT2D eigenvalue weighted by atomic mass is 9.98. The molecule has 1 amide bonds. The molecule has 1 saturated heterocycles. The van der Waals surface area contributed by atoms with E-state index in [4.69, 9.17) is 0 Å². The van der Waals surface area contributed by atoms with Crippen molar-refractivity contribution in [1.82, 2.24) is 10.2 Å². The molecule has 1 aromatic carbocycles. The van der Waals surface area contributed by atoms with Crippen molar-refractivity contribution in [2.75, 3.05) is 20.1 Å². The van der Waals surface area contributed by atoms with E-state index < -0.39 is 5.82 Å². The summed E-state index contributed by atoms with van der Waals surface area (Å²) in [4.78, 5) is 13.8. The van der Waals surface area contributed by atoms with Gasteiger partial charge in [0.15, 0.2) is 0 Å². The van der Waals surface area contributed by atoms with Gasteiger partial charge in [-0.2, -0.15) is 0 Å². The van der Waals surface area contributed by atoms with Crippen LogP contribution in [0.15, 0.2) is 24.3 Å². The Hall–Kier alpha value is -1.42. The Kier molecular flexibility index (Phi) is 3.74. The molecule has 1 atom stereocenters. The minimum Gasteiger partial charge on any atom is -0.335 e. The van der Waals surface area contributed by atoms with Gasteiger partial charge < -0.3 is 10.2 Å². The second kappa shape index (κ2) is 5.27. The van der Waals surface area contributed by atoms with Gasteiger partial charge in [-0.1, -0.05) is 12.1 Å². The van der Waals surface area contributed by atoms with Crippen LogP contribution in [-0.2, 0) is 0 Å². The number of carbonyl (C=O) groups excluding carboxylic acids is 1. The Morgan fingerprint density at radius 3 is 2.88 bits per heavy atom. The third kappa shape index (κ3) is 2.47. The van der Waals surface area contributed by atoms with E-state index in [0.29, 0.717) is 0 Å². The van der Waals surface area contributed by atoms with Crippen LogP contribution in [0.3, 0.4) is 0 Å². The van der Waals surface area contributed by atoms with Crippen LogP contribution >= 0.6 is 0 Å². The van der Waals surface area contributed by atoms with Crippen molar-refractivity contribution in [3.63, 3.8) is 0 Å². The minimum atomic E-state index is -0.434. The summed E-state index contributed by atoms with van der Waals surface area (Å²) in [5, 5.41) is 3.07. The van der Waals surface area contributed by atoms with Crippen molar-refractivity contribution >= 4 is 5.91 Å². The molecule has 0 bridgehead atoms. The van der Waals surface area contributed by atoms with Crippen molar-refractivity contribution in [2.24, 2.45) is 0 Å². The summed E-state index contributed by atoms with van der Waals surface area (Å²) in [5.41, 5.74) is 0.182. The van der Waals surface area contributed by atoms with E-state index in [2.05, 4.69) is 5.32 Å². The summed E-state index contributed by atoms with van der Waals surface area (Å²) in [5.74, 6) is -0.618. The van der Waals surface area contributed by atoms with Crippen LogP contribution in [0.25, 0.3) is 0 Å². The molecule has 0 radical (unpaired) electrons. The topological polar surface area (TPSA) is 32.3 Å². The third-order valence-corrected chi connectivity index (χ3v) is 3.24. The number of rotatable bonds is 4. The van der Waals surface area contributed by atoms with Crippen LogP contribution in [-0.4, -0.2) is 37.0 Å². The molecule has 1 aromatic rings. The van der Waals surface area contributed by atoms with Gasteiger partial charge in [0.1, 0.15) is 5.82 Å². The van der Waals surface area contributed by atoms with Crippen molar-refractivity contribution in [2.45, 2.75) is 18.9 Å². The molecule has 1 unspecified atom stereocenters. The van der Waals surface area contributed by atoms with Crippen LogP contribution in [0.2, 0.25) is 0 Å². The van der Waals surface area contributed by atoms with E-state index in [-0.39, 0.29) is 17.5 Å². The summed E-state index contributed by atoms with van der Waals surface area (Å²) in [6.45, 7) is 1.62. The van der Waals surface area contributed by atoms with E-state index in [1.807, 2.05) is 7.05 Å². The predicted octanol–water partition coefficient (Wildman–Crippen LogP) is 1.65. The molecule has 2 rings (SSSR count). The van der Waals surface area contributed by atoms with E-state index in [9.17, 15) is 9.18 Å². The largest absolute Gasteiger partial charge is 0.335 e. The van der Waals surface area contributed by atoms with Crippen LogP contribution in [0.4, 0.5) is 4.39 Å². The fourth-order valence-electron chi connectivity index (χ4n) is 2.11. The molecule has 1 heterocycles. The molecule has 0 aromatic heterocycles. The fraction of sp³-hybridized carbons (Fsp3) is 0.462. The van der Waals surface area contributed by atoms with Crippen molar-refractivity contribution in [3.8, 4) is 0 Å². The third-order valence-electron chi connectivity index (χ3n) is 3.24. The molecule has 1 aliphatic heterocycles. The van der Waals surface area contributed by atoms with Crippen LogP contribution in [0.5, 0.6) is 0 Å². The van der Waals surface area contributed by atoms with Crippen LogP contribution in [0, 0.1) is 5.82 Å². The molecule has 0 aliphatic carbocycles. The molecule has 1 aliphatic rings. The SMILES string of the molecule is CNCCC1CCN1C(=O)c1ccccc1F. The quantitative estimate of drug-likeness (QED) is 0.862. The maximum atomic E-state index is 13.5. The molecular weight excluding hydrogens is 219 g/mol. The second-order valence-electron chi connectivity index (χ2n) is 4.31. The van der Waals surface area contributed by atoms with Gasteiger partial charge in [0, 0.05) is 12.6 Å². The molecule has 0 saturated carbocycles. The molecule has 4 heteroatoms. The van der Waals surface area contributed by atoms with Gasteiger partial charge in [0.05, 0.1) is 5.56 Å². The zero-order valence-electron chi connectivity index (χ0n) is 9.95. The molecule has 0 spiro atoms. The highest BCUT2D eigenvalue weighted by atomic mass is 19.1. The normalized spacial score (nSPS) is 18.9. The van der Waals surface area contributed by atoms with Crippen molar-refractivity contribution in [1.29, 1.82) is 0 Å². The number of amides is 1. The Morgan fingerprint density at radius 2 is 2.29 bits per heavy atom. The van der Waals surface area contributed by atoms with Gasteiger partial charge in [-0.25, -0.2) is 4.39 Å². The van der Waals surface area contributed by atoms with E-state index in [0.717, 1.165) is 25.9 Å². The maximum absolute atomic E-state index is 13.5. The second-order valence-corrected chi connectivity index (χ2v) is 4.31. The summed E-state index contributed by atoms with van der Waals surface area (Å²) >= 11 is 0. The van der Waals surface area contributed by atoms with Gasteiger partial charge >= 0.3 is 0 Å². The first-order chi connectivity index (χ1) is 8.24. The maximum Gasteiger partial charge on any atom is 0.257 e. The molecule has 17 heavy (non-hydrogen) atoms. The van der Waals surface area contributed by atoms with Crippen molar-refractivity contribution in [3.05, 3.63) is 35.6 Å². The first-order valence-electron chi connectivity index (χ1n) is 5.94. The summed E-state index contributed by atoms with van der Waals surface area (Å²) in [6.07, 6.45) is 1.94. The lowest BCUT2D eigenvalue weighted by Crippen LogP contribution is -2.52. The average Bonchev–Trinajstić information content (AvgIpc) is 2.28. The van der Waals surface area contributed by atoms with Gasteiger partial charge in [0.25, 0.3) is 5.91 Å². The van der Waals surface area contributed by atoms with Gasteiger partial charge in [-0.05, 0) is 38.6 Å². The van der Waals surface area contributed by atoms with E-state index in [1.165, 1.54) is 6.07 Å². The van der Waals surface area contributed by atoms with Crippen LogP contribution in [0.1, 0.15) is 23.2 Å². The minimum absolute atomic E-state index is 0.182. The first kappa shape index (κ1) is 12.0. The number of hydrogen-bond acceptors (Lipinski definition) is 2. The van der Waals surface area contributed by atoms with Gasteiger partial charge in [-0.3, -0.25) is 4.79 Å². The number of carbonyl (C=O) groups is 1. The van der Waals surface area contributed by atoms with E-state index >= 15 is 0 Å². The van der Waals surface area contributed by atoms with Gasteiger partial charge in [-0.15, -0.1) is 0 Å². The monoisotopic (exact) mass is 236 g/mol. The standard InChI is InChI=1S/C13H17FN2O/c1-15-8-6-10-7-9-16(10)13(17)11-4-2-3-5-12(11)14/h2-5,10,15H,6-9H2,1H3. The van der Waals surface area contributed by atoms with E-state index in [1.54, 1.807) is 23.1 Å². The van der Waals surface area contributed by atoms with Gasteiger partial charge in [0.2, 0.25) is 0 Å². The number of nitrogens with zero attached hydrogens (tertiary/aromatic N) is 1. The Morgan fingerprint density at radius 1 is 1.53 bits per heavy atom. The molecule has 1 N–H and O–H groups in total. The van der Waals surface area contributed by atoms with Crippen LogP contribution < -0.4 is 5.32 Å². The number of hydrogen-bond donors (Lipinski definition) is 1. The average molecular weight is 236 g/mol. The number of nitrogens with one attached hydrogen (secondary N) is 1. The zero-order valence-corrected chi connectivity index (χ0v) is 9.95. The number of benzene rings is 1. The Labute approximate surface area is 101 Å². The molecule has 3 nitrogen and oxygen atoms in total. The lowest BCUT2D eigenvalue weighted by molar-refractivity contribution is 0.0442. The number of likely N-dealkylation sites (tertiary alicyclic amines) is 1. The zero-order chi connectivity index (χ0) is 12.3. The number of halogens is 1. The summed E-state index contributed by atoms with van der Waals surface area (Å²) in [6, 6.07) is 6.43. The molecular formula is C13H17FN2O. The highest BCUT2D eigenvalue weighted by Gasteiger charge is 2.32. The first-order valence-corrected chi connectivity index (χ1v) is 5.94. The molecule has 92 valence electrons. The lowest BCUT2D eigenvalue weighted by Gasteiger charge is -2.41. The molecule has 1 fully saturated rings. The Bertz CT molecular complexity index is 408. The summed E-state index contributed by atoms with van der Waals surface area (Å²) in [7, 11) is 1.89. The highest BCUT2D eigenvalue weighted by Crippen LogP contribution is 2.23. The summed E-state index contributed by atoms with van der Waals surface area (Å²) < 4.78 is 13.5. The van der Waals surface area contributed by atoms with Crippen molar-refractivity contribution < 1.29 is 9.18 Å². The predicted molar refractivity (Wildman–Crippen MR) is 64.4 cm³/mol. The fourth-order valence-corrected chi connectivity index (χ4v) is 2.11. The Balaban J connectivity index is 2.03. The highest BCUT2D eigenvalue weighted by molar-refractivity contribution is 5.95. The smallest absolute Gasteiger partial charge is 0.257 e.